The average molecular weight is 382 g/mol. The zero-order chi connectivity index (χ0) is 20.1. The number of carbonyl (C=O) groups is 2. The number of carbonyl (C=O) groups excluding carboxylic acids is 1. The number of rotatable bonds is 4. The van der Waals surface area contributed by atoms with E-state index in [4.69, 9.17) is 14.6 Å². The summed E-state index contributed by atoms with van der Waals surface area (Å²) in [4.78, 5) is 29.9. The Morgan fingerprint density at radius 2 is 1.88 bits per heavy atom. The molecular formula is C14H14F4N2O6. The highest BCUT2D eigenvalue weighted by molar-refractivity contribution is 5.73. The molecule has 0 aromatic heterocycles. The van der Waals surface area contributed by atoms with Crippen molar-refractivity contribution in [2.24, 2.45) is 0 Å². The second kappa shape index (κ2) is 8.45. The summed E-state index contributed by atoms with van der Waals surface area (Å²) in [7, 11) is 0. The summed E-state index contributed by atoms with van der Waals surface area (Å²) in [5.74, 6) is -3.54. The number of hydrogen-bond acceptors (Lipinski definition) is 5. The molecule has 1 aromatic rings. The summed E-state index contributed by atoms with van der Waals surface area (Å²) in [5, 5.41) is 20.6. The van der Waals surface area contributed by atoms with Crippen LogP contribution in [0.1, 0.15) is 19.8 Å². The van der Waals surface area contributed by atoms with Gasteiger partial charge in [-0.2, -0.15) is 13.2 Å². The molecule has 0 saturated heterocycles. The summed E-state index contributed by atoms with van der Waals surface area (Å²) in [6, 6.07) is 3.12. The number of nitrogens with zero attached hydrogens (tertiary/aromatic N) is 1. The van der Waals surface area contributed by atoms with Gasteiger partial charge in [0.05, 0.1) is 4.92 Å². The Kier molecular flexibility index (Phi) is 6.86. The van der Waals surface area contributed by atoms with E-state index in [1.807, 2.05) is 0 Å². The van der Waals surface area contributed by atoms with Crippen LogP contribution in [0.25, 0.3) is 0 Å². The number of alkyl halides is 3. The van der Waals surface area contributed by atoms with Crippen LogP contribution < -0.4 is 10.1 Å². The van der Waals surface area contributed by atoms with Crippen LogP contribution in [0, 0.1) is 15.9 Å². The molecule has 1 aromatic carbocycles. The highest BCUT2D eigenvalue weighted by Gasteiger charge is 2.38. The second-order valence-electron chi connectivity index (χ2n) is 5.28. The first-order valence-corrected chi connectivity index (χ1v) is 7.08. The van der Waals surface area contributed by atoms with Gasteiger partial charge in [-0.3, -0.25) is 14.9 Å². The largest absolute Gasteiger partial charge is 0.490 e. The van der Waals surface area contributed by atoms with Crippen molar-refractivity contribution in [3.8, 4) is 5.75 Å². The van der Waals surface area contributed by atoms with Gasteiger partial charge in [0, 0.05) is 37.9 Å². The number of benzene rings is 1. The first kappa shape index (κ1) is 21.1. The number of amides is 1. The van der Waals surface area contributed by atoms with E-state index in [9.17, 15) is 32.5 Å². The zero-order valence-electron chi connectivity index (χ0n) is 13.2. The van der Waals surface area contributed by atoms with Crippen LogP contribution in [0.2, 0.25) is 0 Å². The number of halogens is 4. The third-order valence-electron chi connectivity index (χ3n) is 3.16. The minimum Gasteiger partial charge on any atom is -0.483 e. The molecule has 1 aliphatic carbocycles. The monoisotopic (exact) mass is 382 g/mol. The first-order valence-electron chi connectivity index (χ1n) is 7.08. The fourth-order valence-corrected chi connectivity index (χ4v) is 1.98. The predicted molar refractivity (Wildman–Crippen MR) is 78.0 cm³/mol. The van der Waals surface area contributed by atoms with Crippen LogP contribution in [0.3, 0.4) is 0 Å². The van der Waals surface area contributed by atoms with E-state index in [-0.39, 0.29) is 29.5 Å². The number of carboxylic acid groups (broad SMARTS) is 1. The van der Waals surface area contributed by atoms with Crippen molar-refractivity contribution >= 4 is 17.6 Å². The smallest absolute Gasteiger partial charge is 0.483 e. The minimum atomic E-state index is -5.08. The average Bonchev–Trinajstić information content (AvgIpc) is 2.43. The number of aliphatic carboxylic acids is 1. The molecule has 8 nitrogen and oxygen atoms in total. The number of nitrogens with one attached hydrogen (secondary N) is 1. The lowest BCUT2D eigenvalue weighted by Crippen LogP contribution is -2.48. The van der Waals surface area contributed by atoms with Crippen molar-refractivity contribution in [1.29, 1.82) is 0 Å². The van der Waals surface area contributed by atoms with Gasteiger partial charge >= 0.3 is 17.8 Å². The van der Waals surface area contributed by atoms with Gasteiger partial charge in [-0.25, -0.2) is 9.18 Å². The van der Waals surface area contributed by atoms with Crippen LogP contribution in [0.4, 0.5) is 23.2 Å². The van der Waals surface area contributed by atoms with Crippen LogP contribution in [-0.4, -0.2) is 40.2 Å². The zero-order valence-corrected chi connectivity index (χ0v) is 13.2. The molecular weight excluding hydrogens is 368 g/mol. The maximum atomic E-state index is 13.1. The van der Waals surface area contributed by atoms with Crippen molar-refractivity contribution < 1.29 is 41.9 Å². The van der Waals surface area contributed by atoms with Crippen molar-refractivity contribution in [3.05, 3.63) is 34.1 Å². The Labute approximate surface area is 143 Å². The number of carboxylic acids is 1. The third kappa shape index (κ3) is 6.53. The fourth-order valence-electron chi connectivity index (χ4n) is 1.98. The Balaban J connectivity index is 0.000000412. The summed E-state index contributed by atoms with van der Waals surface area (Å²) < 4.78 is 50.2. The van der Waals surface area contributed by atoms with Gasteiger partial charge in [-0.05, 0) is 6.07 Å². The lowest BCUT2D eigenvalue weighted by atomic mass is 9.89. The highest BCUT2D eigenvalue weighted by Crippen LogP contribution is 2.32. The SMILES string of the molecule is CC(=O)N[C@H]1C[C@H](Oc2cc(F)ccc2[N+](=O)[O-])C1.O=C(O)C(F)(F)F. The number of hydrogen-bond donors (Lipinski definition) is 2. The van der Waals surface area contributed by atoms with E-state index in [1.165, 1.54) is 6.92 Å². The van der Waals surface area contributed by atoms with Gasteiger partial charge < -0.3 is 15.2 Å². The van der Waals surface area contributed by atoms with Gasteiger partial charge in [0.2, 0.25) is 5.91 Å². The van der Waals surface area contributed by atoms with E-state index in [0.717, 1.165) is 18.2 Å². The van der Waals surface area contributed by atoms with Crippen LogP contribution >= 0.6 is 0 Å². The predicted octanol–water partition coefficient (Wildman–Crippen LogP) is 2.41. The van der Waals surface area contributed by atoms with Crippen molar-refractivity contribution in [2.75, 3.05) is 0 Å². The van der Waals surface area contributed by atoms with E-state index >= 15 is 0 Å². The summed E-state index contributed by atoms with van der Waals surface area (Å²) in [5.41, 5.74) is -0.260. The molecule has 12 heteroatoms. The normalized spacial score (nSPS) is 18.7. The lowest BCUT2D eigenvalue weighted by Gasteiger charge is -2.35. The standard InChI is InChI=1S/C12H13FN2O4.C2HF3O2/c1-7(16)14-9-5-10(6-9)19-12-4-8(13)2-3-11(12)15(17)18;3-2(4,5)1(6)7/h2-4,9-10H,5-6H2,1H3,(H,14,16);(H,6,7)/t9-,10-;. The number of nitro benzene ring substituents is 1. The Morgan fingerprint density at radius 3 is 2.31 bits per heavy atom. The van der Waals surface area contributed by atoms with Crippen LogP contribution in [-0.2, 0) is 9.59 Å². The van der Waals surface area contributed by atoms with Gasteiger partial charge in [-0.1, -0.05) is 0 Å². The molecule has 26 heavy (non-hydrogen) atoms. The van der Waals surface area contributed by atoms with Gasteiger partial charge in [0.15, 0.2) is 5.75 Å². The topological polar surface area (TPSA) is 119 Å². The van der Waals surface area contributed by atoms with Crippen molar-refractivity contribution in [1.82, 2.24) is 5.32 Å². The second-order valence-corrected chi connectivity index (χ2v) is 5.28. The Hall–Kier alpha value is -2.92. The maximum absolute atomic E-state index is 13.1. The van der Waals surface area contributed by atoms with Gasteiger partial charge in [0.1, 0.15) is 11.9 Å². The molecule has 0 spiro atoms. The van der Waals surface area contributed by atoms with Gasteiger partial charge in [0.25, 0.3) is 0 Å². The third-order valence-corrected chi connectivity index (χ3v) is 3.16. The molecule has 0 bridgehead atoms. The Bertz CT molecular complexity index is 689. The molecule has 0 heterocycles. The molecule has 1 aliphatic rings. The van der Waals surface area contributed by atoms with Crippen LogP contribution in [0.5, 0.6) is 5.75 Å². The minimum absolute atomic E-state index is 0.0233. The van der Waals surface area contributed by atoms with Crippen LogP contribution in [0.15, 0.2) is 18.2 Å². The van der Waals surface area contributed by atoms with E-state index in [2.05, 4.69) is 5.32 Å². The van der Waals surface area contributed by atoms with E-state index < -0.39 is 22.9 Å². The highest BCUT2D eigenvalue weighted by atomic mass is 19.4. The molecule has 1 amide bonds. The summed E-state index contributed by atoms with van der Waals surface area (Å²) in [6.45, 7) is 1.42. The summed E-state index contributed by atoms with van der Waals surface area (Å²) >= 11 is 0. The molecule has 0 radical (unpaired) electrons. The van der Waals surface area contributed by atoms with Crippen molar-refractivity contribution in [3.63, 3.8) is 0 Å². The molecule has 1 fully saturated rings. The molecule has 2 N–H and O–H groups in total. The summed E-state index contributed by atoms with van der Waals surface area (Å²) in [6.07, 6.45) is -4.20. The van der Waals surface area contributed by atoms with E-state index in [1.54, 1.807) is 0 Å². The molecule has 0 atom stereocenters. The lowest BCUT2D eigenvalue weighted by molar-refractivity contribution is -0.386. The van der Waals surface area contributed by atoms with Gasteiger partial charge in [-0.15, -0.1) is 0 Å². The molecule has 144 valence electrons. The van der Waals surface area contributed by atoms with E-state index in [0.29, 0.717) is 12.8 Å². The number of nitro groups is 1. The quantitative estimate of drug-likeness (QED) is 0.469. The maximum Gasteiger partial charge on any atom is 0.490 e. The Morgan fingerprint density at radius 1 is 1.35 bits per heavy atom. The van der Waals surface area contributed by atoms with Crippen molar-refractivity contribution in [2.45, 2.75) is 38.1 Å². The molecule has 2 rings (SSSR count). The molecule has 0 unspecified atom stereocenters. The molecule has 0 aliphatic heterocycles. The fraction of sp³-hybridized carbons (Fsp3) is 0.429. The number of ether oxygens (including phenoxy) is 1. The molecule has 1 saturated carbocycles. The first-order chi connectivity index (χ1) is 11.9.